The van der Waals surface area contributed by atoms with E-state index in [4.69, 9.17) is 28.7 Å². The second-order valence-corrected chi connectivity index (χ2v) is 21.2. The van der Waals surface area contributed by atoms with Crippen LogP contribution >= 0.6 is 0 Å². The summed E-state index contributed by atoms with van der Waals surface area (Å²) in [4.78, 5) is 4.84. The number of imidazole rings is 1. The zero-order chi connectivity index (χ0) is 32.8. The van der Waals surface area contributed by atoms with Crippen molar-refractivity contribution in [3.63, 3.8) is 0 Å². The van der Waals surface area contributed by atoms with Gasteiger partial charge in [0.1, 0.15) is 37.9 Å². The molecule has 0 spiro atoms. The van der Waals surface area contributed by atoms with E-state index in [1.54, 1.807) is 6.20 Å². The molecule has 2 aromatic carbocycles. The molecule has 5 atom stereocenters. The third-order valence-electron chi connectivity index (χ3n) is 9.05. The SMILES string of the molecule is CN(C)S(=O)(=O)n1c([C@H](OCc2ccccc2)[C@H]2O[C@@H]3OC(C)(C)O[C@@H]3[C@H]2OCc2ccccc2)cnc1[Si](C)(C)C(C)(C)C. The topological polar surface area (TPSA) is 101 Å². The highest BCUT2D eigenvalue weighted by Crippen LogP contribution is 2.44. The Balaban J connectivity index is 1.63. The molecular weight excluding hydrogens is 611 g/mol. The molecule has 0 saturated carbocycles. The zero-order valence-corrected chi connectivity index (χ0v) is 29.6. The number of rotatable bonds is 11. The largest absolute Gasteiger partial charge is 0.368 e. The van der Waals surface area contributed by atoms with Gasteiger partial charge in [-0.2, -0.15) is 12.7 Å². The maximum absolute atomic E-state index is 14.2. The third kappa shape index (κ3) is 6.84. The van der Waals surface area contributed by atoms with E-state index in [1.165, 1.54) is 22.4 Å². The first-order valence-electron chi connectivity index (χ1n) is 15.4. The molecule has 0 bridgehead atoms. The fraction of sp³-hybridized carbons (Fsp3) is 0.545. The maximum atomic E-state index is 14.2. The number of fused-ring (bicyclic) bond motifs is 1. The summed E-state index contributed by atoms with van der Waals surface area (Å²) in [5, 5.41) is -0.189. The van der Waals surface area contributed by atoms with Crippen molar-refractivity contribution in [2.24, 2.45) is 0 Å². The van der Waals surface area contributed by atoms with Crippen LogP contribution in [0.15, 0.2) is 66.9 Å². The van der Waals surface area contributed by atoms with Crippen LogP contribution in [0.1, 0.15) is 57.5 Å². The number of aromatic nitrogens is 2. The summed E-state index contributed by atoms with van der Waals surface area (Å²) in [6, 6.07) is 19.6. The van der Waals surface area contributed by atoms with Gasteiger partial charge in [-0.05, 0) is 30.0 Å². The van der Waals surface area contributed by atoms with Crippen molar-refractivity contribution < 1.29 is 32.1 Å². The molecule has 2 fully saturated rings. The number of nitrogens with zero attached hydrogens (tertiary/aromatic N) is 3. The first-order chi connectivity index (χ1) is 21.0. The van der Waals surface area contributed by atoms with E-state index < -0.39 is 54.8 Å². The lowest BCUT2D eigenvalue weighted by molar-refractivity contribution is -0.236. The van der Waals surface area contributed by atoms with Gasteiger partial charge in [-0.15, -0.1) is 0 Å². The van der Waals surface area contributed by atoms with E-state index in [0.717, 1.165) is 11.1 Å². The fourth-order valence-corrected chi connectivity index (χ4v) is 9.25. The lowest BCUT2D eigenvalue weighted by Gasteiger charge is -2.37. The Kier molecular flexibility index (Phi) is 9.53. The summed E-state index contributed by atoms with van der Waals surface area (Å²) < 4.78 is 63.2. The molecule has 2 aliphatic heterocycles. The Hall–Kier alpha value is -2.42. The van der Waals surface area contributed by atoms with Crippen molar-refractivity contribution in [1.82, 2.24) is 13.3 Å². The normalized spacial score (nSPS) is 24.2. The molecule has 12 heteroatoms. The highest BCUT2D eigenvalue weighted by atomic mass is 32.2. The van der Waals surface area contributed by atoms with E-state index in [1.807, 2.05) is 74.5 Å². The predicted octanol–water partition coefficient (Wildman–Crippen LogP) is 4.97. The number of ether oxygens (including phenoxy) is 5. The summed E-state index contributed by atoms with van der Waals surface area (Å²) in [7, 11) is -3.45. The minimum absolute atomic E-state index is 0.189. The van der Waals surface area contributed by atoms with E-state index >= 15 is 0 Å². The van der Waals surface area contributed by atoms with Gasteiger partial charge in [0.25, 0.3) is 0 Å². The molecule has 10 nitrogen and oxygen atoms in total. The molecular formula is C33H47N3O7SSi. The van der Waals surface area contributed by atoms with Crippen LogP contribution in [-0.2, 0) is 47.1 Å². The molecule has 1 aromatic heterocycles. The maximum Gasteiger partial charge on any atom is 0.308 e. The monoisotopic (exact) mass is 657 g/mol. The van der Waals surface area contributed by atoms with Crippen molar-refractivity contribution in [3.05, 3.63) is 83.7 Å². The summed E-state index contributed by atoms with van der Waals surface area (Å²) in [5.41, 5.74) is 2.83. The van der Waals surface area contributed by atoms with Crippen LogP contribution in [0.2, 0.25) is 18.1 Å². The van der Waals surface area contributed by atoms with Crippen LogP contribution < -0.4 is 5.45 Å². The second kappa shape index (κ2) is 12.6. The molecule has 0 N–H and O–H groups in total. The van der Waals surface area contributed by atoms with E-state index in [0.29, 0.717) is 17.7 Å². The van der Waals surface area contributed by atoms with Crippen LogP contribution in [0.4, 0.5) is 0 Å². The lowest BCUT2D eigenvalue weighted by atomic mass is 10.0. The van der Waals surface area contributed by atoms with Gasteiger partial charge < -0.3 is 23.7 Å². The highest BCUT2D eigenvalue weighted by molar-refractivity contribution is 7.87. The molecule has 3 aromatic rings. The van der Waals surface area contributed by atoms with Gasteiger partial charge in [0.05, 0.1) is 25.1 Å². The van der Waals surface area contributed by atoms with Crippen LogP contribution in [-0.4, -0.2) is 74.2 Å². The van der Waals surface area contributed by atoms with Gasteiger partial charge in [0, 0.05) is 14.1 Å². The smallest absolute Gasteiger partial charge is 0.308 e. The van der Waals surface area contributed by atoms with E-state index in [9.17, 15) is 8.42 Å². The standard InChI is InChI=1S/C33H47N3O7SSi/c1-32(2,3)45(8,9)31-34-20-25(36(31)44(37,38)35(6)7)26(39-21-23-16-12-10-13-17-23)28-27(40-22-24-18-14-11-15-19-24)29-30(41-28)43-33(4,5)42-29/h10-20,26-30H,21-22H2,1-9H3/t26-,27-,28+,29+,30+/m0/s1. The van der Waals surface area contributed by atoms with Crippen molar-refractivity contribution in [2.75, 3.05) is 14.1 Å². The van der Waals surface area contributed by atoms with Gasteiger partial charge in [0.2, 0.25) is 0 Å². The van der Waals surface area contributed by atoms with Crippen molar-refractivity contribution in [1.29, 1.82) is 0 Å². The number of benzene rings is 2. The molecule has 0 radical (unpaired) electrons. The summed E-state index contributed by atoms with van der Waals surface area (Å²) in [6.45, 7) is 14.9. The molecule has 0 amide bonds. The highest BCUT2D eigenvalue weighted by Gasteiger charge is 2.58. The van der Waals surface area contributed by atoms with Crippen LogP contribution in [0, 0.1) is 0 Å². The van der Waals surface area contributed by atoms with E-state index in [2.05, 4.69) is 33.9 Å². The van der Waals surface area contributed by atoms with Gasteiger partial charge in [-0.25, -0.2) is 8.96 Å². The molecule has 45 heavy (non-hydrogen) atoms. The van der Waals surface area contributed by atoms with Crippen molar-refractivity contribution in [3.8, 4) is 0 Å². The molecule has 246 valence electrons. The van der Waals surface area contributed by atoms with Crippen LogP contribution in [0.5, 0.6) is 0 Å². The van der Waals surface area contributed by atoms with Crippen molar-refractivity contribution >= 4 is 23.7 Å². The Morgan fingerprint density at radius 3 is 2.11 bits per heavy atom. The summed E-state index contributed by atoms with van der Waals surface area (Å²) >= 11 is 0. The molecule has 2 aliphatic rings. The second-order valence-electron chi connectivity index (χ2n) is 14.0. The average molecular weight is 658 g/mol. The Labute approximate surface area is 268 Å². The number of hydrogen-bond donors (Lipinski definition) is 0. The first-order valence-corrected chi connectivity index (χ1v) is 19.8. The lowest BCUT2D eigenvalue weighted by Crippen LogP contribution is -2.56. The quantitative estimate of drug-likeness (QED) is 0.267. The molecule has 0 unspecified atom stereocenters. The van der Waals surface area contributed by atoms with Crippen LogP contribution in [0.25, 0.3) is 0 Å². The van der Waals surface area contributed by atoms with Crippen LogP contribution in [0.3, 0.4) is 0 Å². The van der Waals surface area contributed by atoms with Gasteiger partial charge in [-0.1, -0.05) is 94.5 Å². The van der Waals surface area contributed by atoms with Crippen molar-refractivity contribution in [2.45, 2.75) is 102 Å². The molecule has 5 rings (SSSR count). The minimum atomic E-state index is -4.02. The molecule has 0 aliphatic carbocycles. The minimum Gasteiger partial charge on any atom is -0.368 e. The third-order valence-corrected chi connectivity index (χ3v) is 16.2. The summed E-state index contributed by atoms with van der Waals surface area (Å²) in [5.74, 6) is -0.874. The van der Waals surface area contributed by atoms with Gasteiger partial charge in [-0.3, -0.25) is 0 Å². The Morgan fingerprint density at radius 1 is 0.978 bits per heavy atom. The Bertz CT molecular complexity index is 1560. The Morgan fingerprint density at radius 2 is 1.56 bits per heavy atom. The zero-order valence-electron chi connectivity index (χ0n) is 27.8. The number of hydrogen-bond acceptors (Lipinski definition) is 8. The van der Waals surface area contributed by atoms with Gasteiger partial charge in [0.15, 0.2) is 12.1 Å². The fourth-order valence-electron chi connectivity index (χ4n) is 5.51. The molecule has 2 saturated heterocycles. The van der Waals surface area contributed by atoms with E-state index in [-0.39, 0.29) is 11.6 Å². The van der Waals surface area contributed by atoms with Gasteiger partial charge >= 0.3 is 10.2 Å². The molecule has 3 heterocycles. The summed E-state index contributed by atoms with van der Waals surface area (Å²) in [6.07, 6.45) is -1.96. The predicted molar refractivity (Wildman–Crippen MR) is 175 cm³/mol. The average Bonchev–Trinajstić information content (AvgIpc) is 3.64. The first kappa shape index (κ1) is 33.9.